The molecule has 10 heteroatoms. The van der Waals surface area contributed by atoms with Gasteiger partial charge >= 0.3 is 0 Å². The van der Waals surface area contributed by atoms with Crippen LogP contribution in [0.25, 0.3) is 0 Å². The molecule has 1 unspecified atom stereocenters. The number of nitrogens with zero attached hydrogens (tertiary/aromatic N) is 6. The van der Waals surface area contributed by atoms with E-state index in [1.807, 2.05) is 11.9 Å². The zero-order chi connectivity index (χ0) is 16.9. The molecule has 2 saturated heterocycles. The summed E-state index contributed by atoms with van der Waals surface area (Å²) in [5, 5.41) is 7.36. The van der Waals surface area contributed by atoms with Crippen molar-refractivity contribution in [3.63, 3.8) is 0 Å². The number of carbonyl (C=O) groups is 1. The fourth-order valence-electron chi connectivity index (χ4n) is 3.09. The number of carbonyl (C=O) groups excluding carboxylic acids is 1. The van der Waals surface area contributed by atoms with Crippen LogP contribution in [0.1, 0.15) is 18.7 Å². The maximum Gasteiger partial charge on any atom is 0.251 e. The first-order valence-electron chi connectivity index (χ1n) is 8.38. The quantitative estimate of drug-likeness (QED) is 0.381. The zero-order valence-corrected chi connectivity index (χ0v) is 17.0. The van der Waals surface area contributed by atoms with Crippen LogP contribution < -0.4 is 5.32 Å². The second kappa shape index (κ2) is 9.32. The van der Waals surface area contributed by atoms with Gasteiger partial charge in [0, 0.05) is 46.9 Å². The Morgan fingerprint density at radius 3 is 2.64 bits per heavy atom. The van der Waals surface area contributed by atoms with Gasteiger partial charge in [-0.25, -0.2) is 4.98 Å². The van der Waals surface area contributed by atoms with Gasteiger partial charge < -0.3 is 19.9 Å². The summed E-state index contributed by atoms with van der Waals surface area (Å²) in [4.78, 5) is 25.0. The summed E-state index contributed by atoms with van der Waals surface area (Å²) in [6, 6.07) is 0. The monoisotopic (exact) mass is 463 g/mol. The van der Waals surface area contributed by atoms with E-state index in [1.54, 1.807) is 11.7 Å². The Hall–Kier alpha value is -1.43. The summed E-state index contributed by atoms with van der Waals surface area (Å²) in [6.45, 7) is 4.19. The van der Waals surface area contributed by atoms with Crippen molar-refractivity contribution in [1.82, 2.24) is 29.9 Å². The molecule has 0 bridgehead atoms. The molecule has 1 atom stereocenters. The standard InChI is InChI=1S/C15H25N7O2.HI/c1-16-15(17-10-13-18-11-19-20(13)2)22-7-5-21(6-8-22)14(23)12-4-3-9-24-12;/h11-12H,3-10H2,1-2H3,(H,16,17);1H. The number of aliphatic imine (C=N–C) groups is 1. The van der Waals surface area contributed by atoms with Gasteiger partial charge in [-0.05, 0) is 12.8 Å². The van der Waals surface area contributed by atoms with Crippen molar-refractivity contribution in [2.75, 3.05) is 39.8 Å². The van der Waals surface area contributed by atoms with Gasteiger partial charge in [-0.3, -0.25) is 14.5 Å². The first kappa shape index (κ1) is 19.9. The third-order valence-corrected chi connectivity index (χ3v) is 4.52. The highest BCUT2D eigenvalue weighted by Crippen LogP contribution is 2.16. The van der Waals surface area contributed by atoms with Crippen LogP contribution in [0.15, 0.2) is 11.3 Å². The molecule has 1 amide bonds. The number of ether oxygens (including phenoxy) is 1. The Balaban J connectivity index is 0.00000225. The smallest absolute Gasteiger partial charge is 0.251 e. The van der Waals surface area contributed by atoms with Gasteiger partial charge in [0.05, 0.1) is 6.54 Å². The van der Waals surface area contributed by atoms with Gasteiger partial charge in [0.15, 0.2) is 5.96 Å². The number of amides is 1. The largest absolute Gasteiger partial charge is 0.368 e. The minimum Gasteiger partial charge on any atom is -0.368 e. The highest BCUT2D eigenvalue weighted by atomic mass is 127. The number of halogens is 1. The van der Waals surface area contributed by atoms with Crippen molar-refractivity contribution in [2.24, 2.45) is 12.0 Å². The van der Waals surface area contributed by atoms with Gasteiger partial charge in [-0.2, -0.15) is 5.10 Å². The Bertz CT molecular complexity index is 592. The molecule has 2 aliphatic heterocycles. The van der Waals surface area contributed by atoms with Gasteiger partial charge in [0.1, 0.15) is 18.3 Å². The van der Waals surface area contributed by atoms with Crippen molar-refractivity contribution in [1.29, 1.82) is 0 Å². The Morgan fingerprint density at radius 1 is 1.36 bits per heavy atom. The molecule has 2 aliphatic rings. The molecule has 3 rings (SSSR count). The number of nitrogens with one attached hydrogen (secondary N) is 1. The maximum absolute atomic E-state index is 12.4. The highest BCUT2D eigenvalue weighted by Gasteiger charge is 2.30. The van der Waals surface area contributed by atoms with E-state index in [1.165, 1.54) is 6.33 Å². The summed E-state index contributed by atoms with van der Waals surface area (Å²) in [6.07, 6.45) is 3.13. The average molecular weight is 463 g/mol. The predicted octanol–water partition coefficient (Wildman–Crippen LogP) is -0.168. The molecule has 1 aromatic rings. The van der Waals surface area contributed by atoms with E-state index in [4.69, 9.17) is 4.74 Å². The van der Waals surface area contributed by atoms with E-state index in [2.05, 4.69) is 25.3 Å². The molecule has 1 aromatic heterocycles. The fraction of sp³-hybridized carbons (Fsp3) is 0.733. The van der Waals surface area contributed by atoms with Gasteiger partial charge in [0.2, 0.25) is 0 Å². The lowest BCUT2D eigenvalue weighted by Gasteiger charge is -2.37. The Morgan fingerprint density at radius 2 is 2.08 bits per heavy atom. The SMILES string of the molecule is CN=C(NCc1ncnn1C)N1CCN(C(=O)C2CCCO2)CC1.I. The molecule has 9 nitrogen and oxygen atoms in total. The number of piperazine rings is 1. The lowest BCUT2D eigenvalue weighted by Crippen LogP contribution is -2.55. The molecule has 25 heavy (non-hydrogen) atoms. The molecule has 0 spiro atoms. The second-order valence-corrected chi connectivity index (χ2v) is 6.01. The number of aryl methyl sites for hydroxylation is 1. The van der Waals surface area contributed by atoms with Crippen LogP contribution >= 0.6 is 24.0 Å². The van der Waals surface area contributed by atoms with Crippen LogP contribution in [0.2, 0.25) is 0 Å². The molecule has 3 heterocycles. The maximum atomic E-state index is 12.4. The summed E-state index contributed by atoms with van der Waals surface area (Å²) in [7, 11) is 3.63. The predicted molar refractivity (Wildman–Crippen MR) is 104 cm³/mol. The van der Waals surface area contributed by atoms with Gasteiger partial charge in [0.25, 0.3) is 5.91 Å². The minimum atomic E-state index is -0.232. The minimum absolute atomic E-state index is 0. The van der Waals surface area contributed by atoms with E-state index in [-0.39, 0.29) is 36.0 Å². The topological polar surface area (TPSA) is 87.9 Å². The third-order valence-electron chi connectivity index (χ3n) is 4.52. The fourth-order valence-corrected chi connectivity index (χ4v) is 3.09. The molecule has 0 aliphatic carbocycles. The van der Waals surface area contributed by atoms with E-state index in [0.717, 1.165) is 37.7 Å². The summed E-state index contributed by atoms with van der Waals surface area (Å²) >= 11 is 0. The summed E-state index contributed by atoms with van der Waals surface area (Å²) in [5.41, 5.74) is 0. The number of hydrogen-bond acceptors (Lipinski definition) is 5. The lowest BCUT2D eigenvalue weighted by molar-refractivity contribution is -0.142. The van der Waals surface area contributed by atoms with E-state index in [0.29, 0.717) is 26.2 Å². The van der Waals surface area contributed by atoms with Gasteiger partial charge in [-0.1, -0.05) is 0 Å². The van der Waals surface area contributed by atoms with Crippen LogP contribution in [0.3, 0.4) is 0 Å². The Kier molecular flexibility index (Phi) is 7.41. The average Bonchev–Trinajstić information content (AvgIpc) is 3.27. The molecular weight excluding hydrogens is 437 g/mol. The van der Waals surface area contributed by atoms with Crippen molar-refractivity contribution < 1.29 is 9.53 Å². The molecule has 0 radical (unpaired) electrons. The number of guanidine groups is 1. The van der Waals surface area contributed by atoms with Crippen LogP contribution in [0.5, 0.6) is 0 Å². The number of rotatable bonds is 3. The lowest BCUT2D eigenvalue weighted by atomic mass is 10.2. The summed E-state index contributed by atoms with van der Waals surface area (Å²) in [5.74, 6) is 1.81. The second-order valence-electron chi connectivity index (χ2n) is 6.01. The third kappa shape index (κ3) is 4.81. The zero-order valence-electron chi connectivity index (χ0n) is 14.7. The molecule has 1 N–H and O–H groups in total. The first-order chi connectivity index (χ1) is 11.7. The van der Waals surface area contributed by atoms with Crippen molar-refractivity contribution in [3.8, 4) is 0 Å². The molecule has 140 valence electrons. The van der Waals surface area contributed by atoms with Crippen molar-refractivity contribution in [2.45, 2.75) is 25.5 Å². The molecular formula is C15H26IN7O2. The molecule has 0 aromatic carbocycles. The van der Waals surface area contributed by atoms with Crippen molar-refractivity contribution in [3.05, 3.63) is 12.2 Å². The van der Waals surface area contributed by atoms with Crippen LogP contribution in [-0.4, -0.2) is 82.4 Å². The van der Waals surface area contributed by atoms with Crippen LogP contribution in [0.4, 0.5) is 0 Å². The van der Waals surface area contributed by atoms with Crippen molar-refractivity contribution >= 4 is 35.8 Å². The molecule has 0 saturated carbocycles. The summed E-state index contributed by atoms with van der Waals surface area (Å²) < 4.78 is 7.23. The number of aromatic nitrogens is 3. The van der Waals surface area contributed by atoms with E-state index in [9.17, 15) is 4.79 Å². The van der Waals surface area contributed by atoms with Crippen LogP contribution in [0, 0.1) is 0 Å². The molecule has 2 fully saturated rings. The van der Waals surface area contributed by atoms with E-state index >= 15 is 0 Å². The normalized spacial score (nSPS) is 21.2. The Labute approximate surface area is 164 Å². The van der Waals surface area contributed by atoms with E-state index < -0.39 is 0 Å². The van der Waals surface area contributed by atoms with Gasteiger partial charge in [-0.15, -0.1) is 24.0 Å². The highest BCUT2D eigenvalue weighted by molar-refractivity contribution is 14.0. The first-order valence-corrected chi connectivity index (χ1v) is 8.38. The van der Waals surface area contributed by atoms with Crippen LogP contribution in [-0.2, 0) is 23.1 Å². The number of hydrogen-bond donors (Lipinski definition) is 1.